The molecule has 0 aliphatic carbocycles. The van der Waals surface area contributed by atoms with Gasteiger partial charge in [-0.1, -0.05) is 352 Å². The molecule has 0 saturated carbocycles. The van der Waals surface area contributed by atoms with Crippen LogP contribution in [0.5, 0.6) is 0 Å². The molecule has 0 saturated heterocycles. The average Bonchev–Trinajstić information content (AvgIpc) is 3.47. The topological polar surface area (TPSA) is 95.9 Å². The lowest BCUT2D eigenvalue weighted by molar-refractivity contribution is -0.143. The van der Waals surface area contributed by atoms with Crippen molar-refractivity contribution < 1.29 is 24.5 Å². The van der Waals surface area contributed by atoms with Crippen LogP contribution in [0.25, 0.3) is 0 Å². The van der Waals surface area contributed by atoms with Gasteiger partial charge < -0.3 is 20.3 Å². The van der Waals surface area contributed by atoms with E-state index in [0.29, 0.717) is 25.9 Å². The number of aliphatic hydroxyl groups excluding tert-OH is 2. The predicted octanol–water partition coefficient (Wildman–Crippen LogP) is 23.9. The van der Waals surface area contributed by atoms with Crippen molar-refractivity contribution in [2.45, 2.75) is 418 Å². The summed E-state index contributed by atoms with van der Waals surface area (Å²) in [6.45, 7) is 4.91. The van der Waals surface area contributed by atoms with Gasteiger partial charge in [-0.25, -0.2) is 0 Å². The van der Waals surface area contributed by atoms with Gasteiger partial charge in [-0.3, -0.25) is 9.59 Å². The number of hydrogen-bond acceptors (Lipinski definition) is 5. The molecule has 0 radical (unpaired) electrons. The van der Waals surface area contributed by atoms with Gasteiger partial charge in [0.2, 0.25) is 5.91 Å². The first-order chi connectivity index (χ1) is 40.0. The van der Waals surface area contributed by atoms with Crippen LogP contribution in [-0.4, -0.2) is 47.4 Å². The van der Waals surface area contributed by atoms with Gasteiger partial charge >= 0.3 is 5.97 Å². The van der Waals surface area contributed by atoms with E-state index in [2.05, 4.69) is 55.6 Å². The van der Waals surface area contributed by atoms with Gasteiger partial charge in [0, 0.05) is 12.8 Å². The summed E-state index contributed by atoms with van der Waals surface area (Å²) in [5, 5.41) is 23.3. The second-order valence-corrected chi connectivity index (χ2v) is 25.3. The molecular weight excluding hydrogens is 995 g/mol. The maximum Gasteiger partial charge on any atom is 0.305 e. The molecule has 0 heterocycles. The highest BCUT2D eigenvalue weighted by atomic mass is 16.5. The number of carbonyl (C=O) groups excluding carboxylic acids is 2. The van der Waals surface area contributed by atoms with E-state index < -0.39 is 12.1 Å². The van der Waals surface area contributed by atoms with Crippen LogP contribution in [0.15, 0.2) is 36.5 Å². The highest BCUT2D eigenvalue weighted by Gasteiger charge is 2.20. The summed E-state index contributed by atoms with van der Waals surface area (Å²) >= 11 is 0. The lowest BCUT2D eigenvalue weighted by Gasteiger charge is -2.22. The second kappa shape index (κ2) is 70.6. The molecule has 2 unspecified atom stereocenters. The number of allylic oxidation sites excluding steroid dienone is 6. The summed E-state index contributed by atoms with van der Waals surface area (Å²) in [6, 6.07) is -0.537. The summed E-state index contributed by atoms with van der Waals surface area (Å²) in [5.74, 6) is -0.0219. The monoisotopic (exact) mass is 1140 g/mol. The van der Waals surface area contributed by atoms with Crippen LogP contribution < -0.4 is 5.32 Å². The number of carbonyl (C=O) groups is 2. The van der Waals surface area contributed by atoms with Gasteiger partial charge in [0.25, 0.3) is 0 Å². The van der Waals surface area contributed by atoms with Crippen LogP contribution in [0, 0.1) is 0 Å². The summed E-state index contributed by atoms with van der Waals surface area (Å²) in [4.78, 5) is 24.5. The minimum Gasteiger partial charge on any atom is -0.466 e. The van der Waals surface area contributed by atoms with E-state index in [-0.39, 0.29) is 18.5 Å². The first-order valence-corrected chi connectivity index (χ1v) is 36.7. The van der Waals surface area contributed by atoms with Crippen LogP contribution in [0.2, 0.25) is 0 Å². The van der Waals surface area contributed by atoms with Gasteiger partial charge in [0.1, 0.15) is 0 Å². The van der Waals surface area contributed by atoms with E-state index in [1.165, 1.54) is 321 Å². The van der Waals surface area contributed by atoms with E-state index in [9.17, 15) is 19.8 Å². The molecule has 6 heteroatoms. The summed E-state index contributed by atoms with van der Waals surface area (Å²) in [6.07, 6.45) is 90.9. The molecule has 0 rings (SSSR count). The quantitative estimate of drug-likeness (QED) is 0.0320. The fourth-order valence-corrected chi connectivity index (χ4v) is 11.6. The Morgan fingerprint density at radius 3 is 1.00 bits per heavy atom. The van der Waals surface area contributed by atoms with Gasteiger partial charge in [0.05, 0.1) is 25.4 Å². The van der Waals surface area contributed by atoms with Crippen LogP contribution in [0.3, 0.4) is 0 Å². The number of ether oxygens (including phenoxy) is 1. The largest absolute Gasteiger partial charge is 0.466 e. The maximum absolute atomic E-state index is 12.5. The van der Waals surface area contributed by atoms with E-state index in [4.69, 9.17) is 4.74 Å². The smallest absolute Gasteiger partial charge is 0.305 e. The Morgan fingerprint density at radius 1 is 0.346 bits per heavy atom. The van der Waals surface area contributed by atoms with Crippen molar-refractivity contribution in [1.29, 1.82) is 0 Å². The number of esters is 1. The molecule has 0 fully saturated rings. The van der Waals surface area contributed by atoms with E-state index in [0.717, 1.165) is 51.4 Å². The lowest BCUT2D eigenvalue weighted by atomic mass is 10.0. The van der Waals surface area contributed by atoms with Crippen molar-refractivity contribution in [2.75, 3.05) is 13.2 Å². The Hall–Kier alpha value is -1.92. The summed E-state index contributed by atoms with van der Waals surface area (Å²) in [7, 11) is 0. The van der Waals surface area contributed by atoms with Crippen molar-refractivity contribution in [3.8, 4) is 0 Å². The zero-order valence-corrected chi connectivity index (χ0v) is 54.8. The van der Waals surface area contributed by atoms with Crippen molar-refractivity contribution in [3.63, 3.8) is 0 Å². The Morgan fingerprint density at radius 2 is 0.642 bits per heavy atom. The lowest BCUT2D eigenvalue weighted by Crippen LogP contribution is -2.45. The standard InChI is InChI=1S/C75H143NO5/c1-3-5-7-9-11-13-15-44-49-53-57-61-65-69-75(80)81-70-66-62-58-54-50-46-43-41-39-37-35-33-31-29-27-25-23-21-19-17-18-20-22-24-26-28-30-32-34-36-38-40-42-45-48-52-56-60-64-68-74(79)76-72(71-77)73(78)67-63-59-55-51-47-16-14-12-10-8-6-4-2/h7,9,13,15,17-18,72-73,77-78H,3-6,8,10-12,14,16,19-71H2,1-2H3,(H,76,79)/b9-7-,15-13-,18-17-. The van der Waals surface area contributed by atoms with E-state index in [1.54, 1.807) is 0 Å². The van der Waals surface area contributed by atoms with Crippen molar-refractivity contribution >= 4 is 11.9 Å². The van der Waals surface area contributed by atoms with E-state index >= 15 is 0 Å². The number of aliphatic hydroxyl groups is 2. The highest BCUT2D eigenvalue weighted by Crippen LogP contribution is 2.19. The Labute approximate surface area is 506 Å². The number of amides is 1. The zero-order chi connectivity index (χ0) is 58.5. The molecule has 2 atom stereocenters. The summed E-state index contributed by atoms with van der Waals surface area (Å²) in [5.41, 5.74) is 0. The maximum atomic E-state index is 12.5. The SMILES string of the molecule is CCC/C=C\C/C=C\CCCCCCCC(=O)OCCCCCCCCCCCCCCCCCCCC/C=C\CCCCCCCCCCCCCCCCCCCC(=O)NC(CO)C(O)CCCCCCCCCCCCCC. The van der Waals surface area contributed by atoms with Crippen molar-refractivity contribution in [1.82, 2.24) is 5.32 Å². The van der Waals surface area contributed by atoms with Gasteiger partial charge in [-0.15, -0.1) is 0 Å². The third kappa shape index (κ3) is 67.1. The highest BCUT2D eigenvalue weighted by molar-refractivity contribution is 5.76. The molecular formula is C75H143NO5. The molecule has 0 aliphatic rings. The minimum absolute atomic E-state index is 0.00725. The van der Waals surface area contributed by atoms with Crippen LogP contribution in [0.4, 0.5) is 0 Å². The van der Waals surface area contributed by atoms with Gasteiger partial charge in [0.15, 0.2) is 0 Å². The normalized spacial score (nSPS) is 12.7. The molecule has 0 aromatic carbocycles. The number of unbranched alkanes of at least 4 members (excludes halogenated alkanes) is 52. The molecule has 478 valence electrons. The molecule has 0 spiro atoms. The molecule has 0 bridgehead atoms. The molecule has 6 nitrogen and oxygen atoms in total. The van der Waals surface area contributed by atoms with Crippen LogP contribution >= 0.6 is 0 Å². The van der Waals surface area contributed by atoms with Gasteiger partial charge in [-0.05, 0) is 77.0 Å². The van der Waals surface area contributed by atoms with Crippen molar-refractivity contribution in [3.05, 3.63) is 36.5 Å². The second-order valence-electron chi connectivity index (χ2n) is 25.3. The van der Waals surface area contributed by atoms with Gasteiger partial charge in [-0.2, -0.15) is 0 Å². The fourth-order valence-electron chi connectivity index (χ4n) is 11.6. The molecule has 81 heavy (non-hydrogen) atoms. The number of rotatable bonds is 69. The van der Waals surface area contributed by atoms with Crippen LogP contribution in [0.1, 0.15) is 406 Å². The Bertz CT molecular complexity index is 1310. The van der Waals surface area contributed by atoms with E-state index in [1.807, 2.05) is 0 Å². The average molecular weight is 1140 g/mol. The molecule has 0 aromatic rings. The minimum atomic E-state index is -0.660. The predicted molar refractivity (Wildman–Crippen MR) is 356 cm³/mol. The molecule has 1 amide bonds. The third-order valence-electron chi connectivity index (χ3n) is 17.1. The third-order valence-corrected chi connectivity index (χ3v) is 17.1. The number of nitrogens with one attached hydrogen (secondary N) is 1. The number of hydrogen-bond donors (Lipinski definition) is 3. The molecule has 0 aromatic heterocycles. The van der Waals surface area contributed by atoms with Crippen molar-refractivity contribution in [2.24, 2.45) is 0 Å². The summed E-state index contributed by atoms with van der Waals surface area (Å²) < 4.78 is 5.48. The Kier molecular flexibility index (Phi) is 68.9. The molecule has 3 N–H and O–H groups in total. The first kappa shape index (κ1) is 79.1. The first-order valence-electron chi connectivity index (χ1n) is 36.7. The molecule has 0 aliphatic heterocycles. The Balaban J connectivity index is 3.31. The van der Waals surface area contributed by atoms with Crippen LogP contribution in [-0.2, 0) is 14.3 Å². The fraction of sp³-hybridized carbons (Fsp3) is 0.893. The zero-order valence-electron chi connectivity index (χ0n) is 54.8.